The van der Waals surface area contributed by atoms with Gasteiger partial charge in [0, 0.05) is 17.7 Å². The van der Waals surface area contributed by atoms with Crippen LogP contribution in [0.25, 0.3) is 11.1 Å². The molecule has 0 radical (unpaired) electrons. The first-order valence-electron chi connectivity index (χ1n) is 5.72. The Morgan fingerprint density at radius 2 is 1.36 bits per heavy atom. The zero-order valence-corrected chi connectivity index (χ0v) is 10.7. The lowest BCUT2D eigenvalue weighted by Gasteiger charge is -2.06. The Hall–Kier alpha value is -3.56. The maximum atomic E-state index is 11.0. The molecule has 2 aromatic rings. The van der Waals surface area contributed by atoms with E-state index in [1.165, 1.54) is 18.2 Å². The summed E-state index contributed by atoms with van der Waals surface area (Å²) in [5, 5.41) is 42.7. The second-order valence-electron chi connectivity index (χ2n) is 4.15. The van der Waals surface area contributed by atoms with Gasteiger partial charge in [-0.3, -0.25) is 30.3 Å². The summed E-state index contributed by atoms with van der Waals surface area (Å²) >= 11 is 0. The van der Waals surface area contributed by atoms with Gasteiger partial charge in [0.2, 0.25) is 5.75 Å². The molecule has 0 aliphatic heterocycles. The van der Waals surface area contributed by atoms with Gasteiger partial charge in [-0.2, -0.15) is 0 Å². The van der Waals surface area contributed by atoms with Crippen LogP contribution in [0.4, 0.5) is 17.1 Å². The summed E-state index contributed by atoms with van der Waals surface area (Å²) in [6, 6.07) is 6.58. The molecule has 0 bridgehead atoms. The molecular weight excluding hydrogens is 298 g/mol. The summed E-state index contributed by atoms with van der Waals surface area (Å²) in [4.78, 5) is 30.1. The number of phenolic OH excluding ortho intramolecular Hbond substituents is 1. The molecular formula is C12H7N3O7. The van der Waals surface area contributed by atoms with Gasteiger partial charge in [0.05, 0.1) is 26.4 Å². The fourth-order valence-corrected chi connectivity index (χ4v) is 1.91. The molecule has 0 saturated heterocycles. The molecule has 22 heavy (non-hydrogen) atoms. The molecule has 10 heteroatoms. The van der Waals surface area contributed by atoms with E-state index in [2.05, 4.69) is 0 Å². The number of nitro benzene ring substituents is 3. The van der Waals surface area contributed by atoms with Crippen LogP contribution in [-0.2, 0) is 0 Å². The van der Waals surface area contributed by atoms with Crippen LogP contribution in [0.1, 0.15) is 0 Å². The number of rotatable bonds is 4. The van der Waals surface area contributed by atoms with Crippen LogP contribution in [0.15, 0.2) is 36.4 Å². The highest BCUT2D eigenvalue weighted by atomic mass is 16.6. The Morgan fingerprint density at radius 1 is 0.773 bits per heavy atom. The molecule has 1 N–H and O–H groups in total. The average Bonchev–Trinajstić information content (AvgIpc) is 2.46. The third kappa shape index (κ3) is 2.52. The number of nitro groups is 3. The number of non-ortho nitro benzene ring substituents is 1. The zero-order chi connectivity index (χ0) is 16.4. The van der Waals surface area contributed by atoms with Crippen molar-refractivity contribution in [2.45, 2.75) is 0 Å². The first-order chi connectivity index (χ1) is 10.3. The molecule has 0 spiro atoms. The number of aromatic hydroxyl groups is 1. The number of hydrogen-bond acceptors (Lipinski definition) is 7. The van der Waals surface area contributed by atoms with Crippen molar-refractivity contribution >= 4 is 17.1 Å². The number of phenols is 1. The van der Waals surface area contributed by atoms with Crippen molar-refractivity contribution in [3.05, 3.63) is 66.7 Å². The summed E-state index contributed by atoms with van der Waals surface area (Å²) in [5.41, 5.74) is -2.50. The first-order valence-corrected chi connectivity index (χ1v) is 5.72. The van der Waals surface area contributed by atoms with Crippen molar-refractivity contribution in [3.8, 4) is 16.9 Å². The van der Waals surface area contributed by atoms with Crippen molar-refractivity contribution in [1.29, 1.82) is 0 Å². The van der Waals surface area contributed by atoms with Gasteiger partial charge in [0.25, 0.3) is 11.4 Å². The summed E-state index contributed by atoms with van der Waals surface area (Å²) in [6.07, 6.45) is 0. The lowest BCUT2D eigenvalue weighted by atomic mass is 10.0. The number of nitrogens with zero attached hydrogens (tertiary/aromatic N) is 3. The molecule has 0 amide bonds. The van der Waals surface area contributed by atoms with Crippen LogP contribution in [0.5, 0.6) is 5.75 Å². The number of para-hydroxylation sites is 1. The van der Waals surface area contributed by atoms with Crippen LogP contribution < -0.4 is 0 Å². The third-order valence-electron chi connectivity index (χ3n) is 2.87. The first kappa shape index (κ1) is 14.8. The van der Waals surface area contributed by atoms with Crippen molar-refractivity contribution < 1.29 is 19.9 Å². The molecule has 2 rings (SSSR count). The maximum Gasteiger partial charge on any atom is 0.318 e. The predicted octanol–water partition coefficient (Wildman–Crippen LogP) is 2.78. The van der Waals surface area contributed by atoms with Gasteiger partial charge in [-0.15, -0.1) is 0 Å². The second-order valence-corrected chi connectivity index (χ2v) is 4.15. The van der Waals surface area contributed by atoms with Crippen molar-refractivity contribution in [1.82, 2.24) is 0 Å². The van der Waals surface area contributed by atoms with Gasteiger partial charge in [0.15, 0.2) is 0 Å². The minimum atomic E-state index is -0.999. The van der Waals surface area contributed by atoms with Crippen LogP contribution >= 0.6 is 0 Å². The van der Waals surface area contributed by atoms with Crippen molar-refractivity contribution in [3.63, 3.8) is 0 Å². The lowest BCUT2D eigenvalue weighted by Crippen LogP contribution is -1.97. The van der Waals surface area contributed by atoms with Gasteiger partial charge in [-0.25, -0.2) is 0 Å². The highest BCUT2D eigenvalue weighted by Gasteiger charge is 2.27. The van der Waals surface area contributed by atoms with E-state index in [1.807, 2.05) is 0 Å². The molecule has 0 aliphatic carbocycles. The fourth-order valence-electron chi connectivity index (χ4n) is 1.91. The number of benzene rings is 2. The molecule has 0 saturated carbocycles. The van der Waals surface area contributed by atoms with E-state index in [4.69, 9.17) is 0 Å². The predicted molar refractivity (Wildman–Crippen MR) is 73.5 cm³/mol. The van der Waals surface area contributed by atoms with Crippen LogP contribution in [0, 0.1) is 30.3 Å². The average molecular weight is 305 g/mol. The molecule has 0 fully saturated rings. The van der Waals surface area contributed by atoms with Crippen molar-refractivity contribution in [2.75, 3.05) is 0 Å². The van der Waals surface area contributed by atoms with Crippen LogP contribution in [0.3, 0.4) is 0 Å². The summed E-state index contributed by atoms with van der Waals surface area (Å²) in [5.74, 6) is -0.870. The minimum absolute atomic E-state index is 0.156. The van der Waals surface area contributed by atoms with Crippen LogP contribution in [0.2, 0.25) is 0 Å². The maximum absolute atomic E-state index is 11.0. The largest absolute Gasteiger partial charge is 0.502 e. The van der Waals surface area contributed by atoms with E-state index in [0.29, 0.717) is 6.07 Å². The Balaban J connectivity index is 2.83. The normalized spacial score (nSPS) is 10.2. The molecule has 0 heterocycles. The standard InChI is InChI=1S/C12H7N3O7/c16-12-9(8-3-1-2-4-10(8)14(19)20)5-7(13(17)18)6-11(12)15(21)22/h1-6,16H. The van der Waals surface area contributed by atoms with E-state index < -0.39 is 37.6 Å². The molecule has 10 nitrogen and oxygen atoms in total. The molecule has 0 atom stereocenters. The van der Waals surface area contributed by atoms with E-state index in [9.17, 15) is 35.4 Å². The van der Waals surface area contributed by atoms with Gasteiger partial charge in [0.1, 0.15) is 0 Å². The number of hydrogen-bond donors (Lipinski definition) is 1. The fraction of sp³-hybridized carbons (Fsp3) is 0. The topological polar surface area (TPSA) is 150 Å². The van der Waals surface area contributed by atoms with E-state index in [0.717, 1.165) is 12.1 Å². The van der Waals surface area contributed by atoms with Crippen molar-refractivity contribution in [2.24, 2.45) is 0 Å². The second kappa shape index (κ2) is 5.44. The van der Waals surface area contributed by atoms with Gasteiger partial charge >= 0.3 is 5.69 Å². The van der Waals surface area contributed by atoms with E-state index >= 15 is 0 Å². The summed E-state index contributed by atoms with van der Waals surface area (Å²) in [6.45, 7) is 0. The molecule has 0 aliphatic rings. The Bertz CT molecular complexity index is 803. The Kier molecular flexibility index (Phi) is 3.67. The third-order valence-corrected chi connectivity index (χ3v) is 2.87. The Morgan fingerprint density at radius 3 is 1.91 bits per heavy atom. The molecule has 0 aromatic heterocycles. The zero-order valence-electron chi connectivity index (χ0n) is 10.7. The SMILES string of the molecule is O=[N+]([O-])c1cc(-c2ccccc2[N+](=O)[O-])c(O)c([N+](=O)[O-])c1. The smallest absolute Gasteiger partial charge is 0.318 e. The minimum Gasteiger partial charge on any atom is -0.502 e. The van der Waals surface area contributed by atoms with Gasteiger partial charge < -0.3 is 5.11 Å². The van der Waals surface area contributed by atoms with Crippen LogP contribution in [-0.4, -0.2) is 19.9 Å². The van der Waals surface area contributed by atoms with E-state index in [1.54, 1.807) is 0 Å². The molecule has 2 aromatic carbocycles. The molecule has 112 valence electrons. The quantitative estimate of drug-likeness (QED) is 0.673. The summed E-state index contributed by atoms with van der Waals surface area (Å²) in [7, 11) is 0. The Labute approximate surface area is 121 Å². The molecule has 0 unspecified atom stereocenters. The highest BCUT2D eigenvalue weighted by Crippen LogP contribution is 2.43. The monoisotopic (exact) mass is 305 g/mol. The van der Waals surface area contributed by atoms with Gasteiger partial charge in [-0.05, 0) is 6.07 Å². The summed E-state index contributed by atoms with van der Waals surface area (Å²) < 4.78 is 0. The highest BCUT2D eigenvalue weighted by molar-refractivity contribution is 5.83. The lowest BCUT2D eigenvalue weighted by molar-refractivity contribution is -0.394. The van der Waals surface area contributed by atoms with Gasteiger partial charge in [-0.1, -0.05) is 12.1 Å². The van der Waals surface area contributed by atoms with E-state index in [-0.39, 0.29) is 11.1 Å².